The van der Waals surface area contributed by atoms with Crippen LogP contribution in [-0.4, -0.2) is 75.0 Å². The molecule has 1 amide bonds. The number of benzene rings is 1. The fourth-order valence-corrected chi connectivity index (χ4v) is 4.59. The highest BCUT2D eigenvalue weighted by molar-refractivity contribution is 6.74. The average molecular weight is 483 g/mol. The number of hydrogen-bond acceptors (Lipinski definition) is 8. The van der Waals surface area contributed by atoms with Crippen molar-refractivity contribution >= 4 is 25.7 Å². The molecule has 0 saturated carbocycles. The van der Waals surface area contributed by atoms with Gasteiger partial charge >= 0.3 is 0 Å². The van der Waals surface area contributed by atoms with Crippen molar-refractivity contribution in [3.8, 4) is 11.5 Å². The summed E-state index contributed by atoms with van der Waals surface area (Å²) in [4.78, 5) is 38.3. The van der Waals surface area contributed by atoms with Crippen LogP contribution in [0.15, 0.2) is 12.1 Å². The SMILES string of the molecule is COc1cc(C(=O)N2C[C@H](C(=O)CO)C[C@@H]2CO[Si](C)(C)C(C)(C)C)c([N+](=O)[O-])cc1OC. The largest absolute Gasteiger partial charge is 0.493 e. The number of ether oxygens (including phenoxy) is 2. The molecule has 1 N–H and O–H groups in total. The van der Waals surface area contributed by atoms with Gasteiger partial charge in [0.1, 0.15) is 12.2 Å². The molecule has 1 aliphatic rings. The fourth-order valence-electron chi connectivity index (χ4n) is 3.55. The Hall–Kier alpha value is -2.50. The van der Waals surface area contributed by atoms with E-state index in [0.717, 1.165) is 6.07 Å². The van der Waals surface area contributed by atoms with Gasteiger partial charge in [-0.3, -0.25) is 19.7 Å². The van der Waals surface area contributed by atoms with E-state index in [-0.39, 0.29) is 41.0 Å². The lowest BCUT2D eigenvalue weighted by Gasteiger charge is -2.38. The molecule has 33 heavy (non-hydrogen) atoms. The number of Topliss-reactive ketones (excluding diaryl/α,β-unsaturated/α-hetero) is 1. The number of rotatable bonds is 9. The molecule has 1 heterocycles. The predicted octanol–water partition coefficient (Wildman–Crippen LogP) is 3.03. The van der Waals surface area contributed by atoms with Crippen LogP contribution in [0, 0.1) is 16.0 Å². The van der Waals surface area contributed by atoms with Crippen LogP contribution >= 0.6 is 0 Å². The molecule has 0 aliphatic carbocycles. The molecule has 1 saturated heterocycles. The Labute approximate surface area is 195 Å². The summed E-state index contributed by atoms with van der Waals surface area (Å²) in [6.45, 7) is 10.1. The molecular weight excluding hydrogens is 448 g/mol. The standard InChI is InChI=1S/C22H34N2O8Si/c1-22(2,3)33(6,7)32-13-15-8-14(18(26)12-25)11-23(15)21(27)16-9-19(30-4)20(31-5)10-17(16)24(28)29/h9-10,14-15,25H,8,11-13H2,1-7H3/t14-,15-/m1/s1. The molecule has 10 nitrogen and oxygen atoms in total. The van der Waals surface area contributed by atoms with Gasteiger partial charge in [0.05, 0.1) is 37.9 Å². The maximum Gasteiger partial charge on any atom is 0.286 e. The van der Waals surface area contributed by atoms with E-state index in [0.29, 0.717) is 6.42 Å². The van der Waals surface area contributed by atoms with Crippen molar-refractivity contribution in [2.45, 2.75) is 51.4 Å². The highest BCUT2D eigenvalue weighted by Crippen LogP contribution is 2.39. The summed E-state index contributed by atoms with van der Waals surface area (Å²) < 4.78 is 16.7. The van der Waals surface area contributed by atoms with E-state index in [2.05, 4.69) is 33.9 Å². The summed E-state index contributed by atoms with van der Waals surface area (Å²) in [6, 6.07) is 1.98. The summed E-state index contributed by atoms with van der Waals surface area (Å²) in [5.74, 6) is -1.22. The number of likely N-dealkylation sites (tertiary alicyclic amines) is 1. The third-order valence-electron chi connectivity index (χ3n) is 6.66. The third-order valence-corrected chi connectivity index (χ3v) is 11.2. The Morgan fingerprint density at radius 3 is 2.27 bits per heavy atom. The van der Waals surface area contributed by atoms with E-state index in [1.807, 2.05) is 0 Å². The Balaban J connectivity index is 2.44. The van der Waals surface area contributed by atoms with Gasteiger partial charge in [0.2, 0.25) is 0 Å². The average Bonchev–Trinajstić information content (AvgIpc) is 3.19. The van der Waals surface area contributed by atoms with Crippen molar-refractivity contribution in [3.63, 3.8) is 0 Å². The normalized spacial score (nSPS) is 18.8. The van der Waals surface area contributed by atoms with E-state index in [1.165, 1.54) is 25.2 Å². The Morgan fingerprint density at radius 1 is 1.21 bits per heavy atom. The molecule has 2 atom stereocenters. The minimum Gasteiger partial charge on any atom is -0.493 e. The number of aliphatic hydroxyl groups excluding tert-OH is 1. The number of carbonyl (C=O) groups is 2. The van der Waals surface area contributed by atoms with Gasteiger partial charge in [-0.15, -0.1) is 0 Å². The zero-order chi connectivity index (χ0) is 25.1. The first kappa shape index (κ1) is 26.7. The molecule has 0 unspecified atom stereocenters. The summed E-state index contributed by atoms with van der Waals surface area (Å²) in [5, 5.41) is 21.0. The summed E-state index contributed by atoms with van der Waals surface area (Å²) in [5.41, 5.74) is -0.578. The molecule has 11 heteroatoms. The van der Waals surface area contributed by atoms with Gasteiger partial charge in [-0.1, -0.05) is 20.8 Å². The second kappa shape index (κ2) is 10.2. The van der Waals surface area contributed by atoms with Gasteiger partial charge in [0, 0.05) is 18.5 Å². The molecule has 0 radical (unpaired) electrons. The third kappa shape index (κ3) is 5.71. The van der Waals surface area contributed by atoms with E-state index < -0.39 is 43.4 Å². The molecule has 184 valence electrons. The van der Waals surface area contributed by atoms with Crippen LogP contribution < -0.4 is 9.47 Å². The molecule has 0 bridgehead atoms. The van der Waals surface area contributed by atoms with Gasteiger partial charge in [-0.25, -0.2) is 0 Å². The molecule has 2 rings (SSSR count). The van der Waals surface area contributed by atoms with Crippen molar-refractivity contribution < 1.29 is 33.5 Å². The minimum atomic E-state index is -2.15. The highest BCUT2D eigenvalue weighted by atomic mass is 28.4. The number of methoxy groups -OCH3 is 2. The molecule has 1 aliphatic heterocycles. The summed E-state index contributed by atoms with van der Waals surface area (Å²) in [7, 11) is 0.578. The predicted molar refractivity (Wildman–Crippen MR) is 124 cm³/mol. The number of nitro benzene ring substituents is 1. The van der Waals surface area contributed by atoms with Crippen molar-refractivity contribution in [1.29, 1.82) is 0 Å². The van der Waals surface area contributed by atoms with Gasteiger partial charge in [0.15, 0.2) is 25.6 Å². The van der Waals surface area contributed by atoms with E-state index in [9.17, 15) is 24.8 Å². The number of aliphatic hydroxyl groups is 1. The van der Waals surface area contributed by atoms with Gasteiger partial charge in [0.25, 0.3) is 11.6 Å². The molecule has 0 spiro atoms. The van der Waals surface area contributed by atoms with Crippen LogP contribution in [0.4, 0.5) is 5.69 Å². The molecule has 1 aromatic carbocycles. The Morgan fingerprint density at radius 2 is 1.79 bits per heavy atom. The van der Waals surface area contributed by atoms with Crippen LogP contribution in [0.1, 0.15) is 37.6 Å². The monoisotopic (exact) mass is 482 g/mol. The van der Waals surface area contributed by atoms with Crippen LogP contribution in [-0.2, 0) is 9.22 Å². The first-order chi connectivity index (χ1) is 15.3. The quantitative estimate of drug-likeness (QED) is 0.323. The first-order valence-corrected chi connectivity index (χ1v) is 13.7. The Kier molecular flexibility index (Phi) is 8.25. The molecule has 1 fully saturated rings. The maximum atomic E-state index is 13.5. The van der Waals surface area contributed by atoms with Crippen LogP contribution in [0.3, 0.4) is 0 Å². The molecule has 1 aromatic rings. The lowest BCUT2D eigenvalue weighted by Crippen LogP contribution is -2.46. The molecular formula is C22H34N2O8Si. The van der Waals surface area contributed by atoms with Crippen LogP contribution in [0.2, 0.25) is 18.1 Å². The van der Waals surface area contributed by atoms with Crippen molar-refractivity contribution in [2.75, 3.05) is 34.0 Å². The van der Waals surface area contributed by atoms with Crippen molar-refractivity contribution in [2.24, 2.45) is 5.92 Å². The van der Waals surface area contributed by atoms with Crippen LogP contribution in [0.25, 0.3) is 0 Å². The summed E-state index contributed by atoms with van der Waals surface area (Å²) >= 11 is 0. The van der Waals surface area contributed by atoms with E-state index >= 15 is 0 Å². The summed E-state index contributed by atoms with van der Waals surface area (Å²) in [6.07, 6.45) is 0.320. The number of nitro groups is 1. The first-order valence-electron chi connectivity index (χ1n) is 10.8. The van der Waals surface area contributed by atoms with Gasteiger partial charge < -0.3 is 23.9 Å². The zero-order valence-corrected chi connectivity index (χ0v) is 21.3. The van der Waals surface area contributed by atoms with E-state index in [4.69, 9.17) is 13.9 Å². The zero-order valence-electron chi connectivity index (χ0n) is 20.3. The Bertz CT molecular complexity index is 912. The number of ketones is 1. The van der Waals surface area contributed by atoms with E-state index in [1.54, 1.807) is 0 Å². The lowest BCUT2D eigenvalue weighted by atomic mass is 10.0. The minimum absolute atomic E-state index is 0.0508. The topological polar surface area (TPSA) is 128 Å². The number of carbonyl (C=O) groups excluding carboxylic acids is 2. The second-order valence-electron chi connectivity index (χ2n) is 9.72. The van der Waals surface area contributed by atoms with Crippen LogP contribution in [0.5, 0.6) is 11.5 Å². The second-order valence-corrected chi connectivity index (χ2v) is 14.5. The number of nitrogens with zero attached hydrogens (tertiary/aromatic N) is 2. The lowest BCUT2D eigenvalue weighted by molar-refractivity contribution is -0.385. The smallest absolute Gasteiger partial charge is 0.286 e. The molecule has 0 aromatic heterocycles. The number of hydrogen-bond donors (Lipinski definition) is 1. The highest BCUT2D eigenvalue weighted by Gasteiger charge is 2.43. The van der Waals surface area contributed by atoms with Gasteiger partial charge in [-0.05, 0) is 24.6 Å². The van der Waals surface area contributed by atoms with Gasteiger partial charge in [-0.2, -0.15) is 0 Å². The van der Waals surface area contributed by atoms with Crippen molar-refractivity contribution in [3.05, 3.63) is 27.8 Å². The van der Waals surface area contributed by atoms with Crippen molar-refractivity contribution in [1.82, 2.24) is 4.90 Å². The number of amides is 1. The fraction of sp³-hybridized carbons (Fsp3) is 0.636. The maximum absolute atomic E-state index is 13.5.